The van der Waals surface area contributed by atoms with Crippen LogP contribution in [0.4, 0.5) is 9.18 Å². The van der Waals surface area contributed by atoms with E-state index >= 15 is 4.39 Å². The SMILES string of the molecule is C[C@@H](OC1CCCN(C(=O)OC(C)(C)C)C1)c1ncc(CCc2c(Cl)cc3c(cnn3C3CCCCO3)c2-c2ncc3c(OC(C)(C)C)nc(OCC45CCCN4CCC5)nc3c2F)o1. The van der Waals surface area contributed by atoms with Crippen LogP contribution < -0.4 is 9.47 Å². The number of aromatic nitrogens is 6. The molecular formula is C48H62ClFN8O7. The highest BCUT2D eigenvalue weighted by molar-refractivity contribution is 6.33. The van der Waals surface area contributed by atoms with E-state index in [1.165, 1.54) is 0 Å². The minimum Gasteiger partial charge on any atom is -0.471 e. The third kappa shape index (κ3) is 9.77. The van der Waals surface area contributed by atoms with Crippen molar-refractivity contribution >= 4 is 39.5 Å². The molecule has 65 heavy (non-hydrogen) atoms. The van der Waals surface area contributed by atoms with E-state index < -0.39 is 23.1 Å². The predicted molar refractivity (Wildman–Crippen MR) is 243 cm³/mol. The molecule has 0 radical (unpaired) electrons. The lowest BCUT2D eigenvalue weighted by Gasteiger charge is -2.34. The summed E-state index contributed by atoms with van der Waals surface area (Å²) in [5.41, 5.74) is 0.692. The fourth-order valence-electron chi connectivity index (χ4n) is 9.90. The van der Waals surface area contributed by atoms with Crippen molar-refractivity contribution in [1.82, 2.24) is 39.5 Å². The highest BCUT2D eigenvalue weighted by atomic mass is 35.5. The molecule has 4 fully saturated rings. The number of benzene rings is 1. The molecule has 350 valence electrons. The number of carbonyl (C=O) groups is 1. The summed E-state index contributed by atoms with van der Waals surface area (Å²) in [5, 5.41) is 6.23. The van der Waals surface area contributed by atoms with Crippen LogP contribution >= 0.6 is 11.6 Å². The third-order valence-electron chi connectivity index (χ3n) is 12.9. The number of hydrogen-bond donors (Lipinski definition) is 0. The van der Waals surface area contributed by atoms with Crippen LogP contribution in [0.5, 0.6) is 11.9 Å². The molecule has 9 rings (SSSR count). The summed E-state index contributed by atoms with van der Waals surface area (Å²) in [6.45, 7) is 17.4. The molecular weight excluding hydrogens is 855 g/mol. The number of piperidine rings is 1. The van der Waals surface area contributed by atoms with Crippen molar-refractivity contribution in [2.45, 2.75) is 154 Å². The molecule has 4 saturated heterocycles. The summed E-state index contributed by atoms with van der Waals surface area (Å²) in [6.07, 6.45) is 13.2. The van der Waals surface area contributed by atoms with E-state index in [2.05, 4.69) is 9.88 Å². The first-order valence-electron chi connectivity index (χ1n) is 23.4. The molecule has 4 aromatic heterocycles. The fourth-order valence-corrected chi connectivity index (χ4v) is 10.2. The molecule has 4 aliphatic rings. The number of halogens is 2. The minimum absolute atomic E-state index is 0.0366. The van der Waals surface area contributed by atoms with Gasteiger partial charge >= 0.3 is 12.1 Å². The van der Waals surface area contributed by atoms with Gasteiger partial charge in [-0.2, -0.15) is 15.1 Å². The maximum absolute atomic E-state index is 17.7. The van der Waals surface area contributed by atoms with Crippen molar-refractivity contribution in [2.75, 3.05) is 39.4 Å². The van der Waals surface area contributed by atoms with E-state index in [1.54, 1.807) is 23.5 Å². The van der Waals surface area contributed by atoms with Crippen molar-refractivity contribution in [3.63, 3.8) is 0 Å². The van der Waals surface area contributed by atoms with E-state index in [0.29, 0.717) is 83.2 Å². The summed E-state index contributed by atoms with van der Waals surface area (Å²) in [7, 11) is 0. The molecule has 17 heteroatoms. The van der Waals surface area contributed by atoms with Gasteiger partial charge in [0.15, 0.2) is 12.0 Å². The van der Waals surface area contributed by atoms with Gasteiger partial charge < -0.3 is 33.0 Å². The molecule has 5 aromatic rings. The van der Waals surface area contributed by atoms with Crippen molar-refractivity contribution in [3.05, 3.63) is 52.7 Å². The molecule has 1 aromatic carbocycles. The summed E-state index contributed by atoms with van der Waals surface area (Å²) in [6, 6.07) is 1.94. The molecule has 3 atom stereocenters. The van der Waals surface area contributed by atoms with Gasteiger partial charge in [0, 0.05) is 41.7 Å². The Morgan fingerprint density at radius 3 is 2.49 bits per heavy atom. The number of fused-ring (bicyclic) bond motifs is 3. The number of nitrogens with zero attached hydrogens (tertiary/aromatic N) is 8. The Bertz CT molecular complexity index is 2520. The van der Waals surface area contributed by atoms with Gasteiger partial charge in [-0.05, 0) is 137 Å². The van der Waals surface area contributed by atoms with E-state index in [1.807, 2.05) is 59.2 Å². The first-order chi connectivity index (χ1) is 31.0. The lowest BCUT2D eigenvalue weighted by molar-refractivity contribution is -0.0563. The second-order valence-corrected chi connectivity index (χ2v) is 20.5. The Morgan fingerprint density at radius 1 is 0.954 bits per heavy atom. The maximum Gasteiger partial charge on any atom is 0.410 e. The quantitative estimate of drug-likeness (QED) is 0.117. The normalized spacial score (nSPS) is 21.0. The van der Waals surface area contributed by atoms with Crippen molar-refractivity contribution in [3.8, 4) is 23.1 Å². The second kappa shape index (κ2) is 18.2. The third-order valence-corrected chi connectivity index (χ3v) is 13.2. The number of ether oxygens (including phenoxy) is 5. The van der Waals surface area contributed by atoms with Crippen LogP contribution in [0, 0.1) is 5.82 Å². The number of oxazole rings is 1. The van der Waals surface area contributed by atoms with E-state index in [0.717, 1.165) is 70.9 Å². The summed E-state index contributed by atoms with van der Waals surface area (Å²) < 4.78 is 56.7. The Balaban J connectivity index is 1.03. The van der Waals surface area contributed by atoms with Gasteiger partial charge in [-0.3, -0.25) is 9.88 Å². The zero-order chi connectivity index (χ0) is 45.7. The first-order valence-corrected chi connectivity index (χ1v) is 23.7. The Hall–Kier alpha value is -4.64. The molecule has 0 N–H and O–H groups in total. The van der Waals surface area contributed by atoms with Crippen LogP contribution in [0.15, 0.2) is 29.1 Å². The second-order valence-electron chi connectivity index (χ2n) is 20.1. The van der Waals surface area contributed by atoms with Crippen LogP contribution in [0.1, 0.15) is 136 Å². The van der Waals surface area contributed by atoms with Crippen LogP contribution in [0.25, 0.3) is 33.1 Å². The zero-order valence-corrected chi connectivity index (χ0v) is 39.5. The van der Waals surface area contributed by atoms with Gasteiger partial charge in [-0.1, -0.05) is 11.6 Å². The predicted octanol–water partition coefficient (Wildman–Crippen LogP) is 9.97. The van der Waals surface area contributed by atoms with E-state index in [-0.39, 0.29) is 47.1 Å². The van der Waals surface area contributed by atoms with Gasteiger partial charge in [0.1, 0.15) is 40.9 Å². The minimum atomic E-state index is -0.651. The Kier molecular flexibility index (Phi) is 12.8. The van der Waals surface area contributed by atoms with Gasteiger partial charge in [0.25, 0.3) is 0 Å². The number of pyridine rings is 1. The molecule has 0 saturated carbocycles. The van der Waals surface area contributed by atoms with Crippen molar-refractivity contribution in [2.24, 2.45) is 0 Å². The number of aryl methyl sites for hydroxylation is 1. The molecule has 2 unspecified atom stereocenters. The maximum atomic E-state index is 17.7. The molecule has 0 spiro atoms. The number of amides is 1. The molecule has 1 amide bonds. The fraction of sp³-hybridized carbons (Fsp3) is 0.625. The first kappa shape index (κ1) is 45.5. The van der Waals surface area contributed by atoms with Crippen LogP contribution in [-0.4, -0.2) is 108 Å². The van der Waals surface area contributed by atoms with E-state index in [4.69, 9.17) is 59.8 Å². The van der Waals surface area contributed by atoms with Gasteiger partial charge in [0.05, 0.1) is 41.5 Å². The molecule has 15 nitrogen and oxygen atoms in total. The highest BCUT2D eigenvalue weighted by Crippen LogP contribution is 2.43. The molecule has 0 aliphatic carbocycles. The standard InChI is InChI=1S/C48H62ClFN8O7/c1-29(62-31-13-10-19-56(27-31)45(59)65-47(5,6)7)42-52-24-30(63-42)15-16-32-35(49)23-36-33(26-53-58(36)37-14-8-9-22-60-37)38(32)41-39(50)40-34(25-51-41)43(64-46(2,3)4)55-44(54-40)61-28-48-17-11-20-57(48)21-12-18-48/h23-26,29,31,37H,8-22,27-28H2,1-7H3/t29-,31?,37?/m1/s1. The topological polar surface area (TPSA) is 152 Å². The zero-order valence-electron chi connectivity index (χ0n) is 38.8. The van der Waals surface area contributed by atoms with E-state index in [9.17, 15) is 4.79 Å². The number of carbonyl (C=O) groups excluding carboxylic acids is 1. The van der Waals surface area contributed by atoms with Crippen LogP contribution in [0.3, 0.4) is 0 Å². The van der Waals surface area contributed by atoms with Crippen molar-refractivity contribution < 1.29 is 37.3 Å². The average molecular weight is 918 g/mol. The lowest BCUT2D eigenvalue weighted by Crippen LogP contribution is -2.45. The van der Waals surface area contributed by atoms with Gasteiger partial charge in [0.2, 0.25) is 11.8 Å². The monoisotopic (exact) mass is 916 g/mol. The summed E-state index contributed by atoms with van der Waals surface area (Å²) >= 11 is 7.26. The number of likely N-dealkylation sites (tertiary alicyclic amines) is 1. The van der Waals surface area contributed by atoms with Gasteiger partial charge in [-0.15, -0.1) is 0 Å². The molecule has 8 heterocycles. The van der Waals surface area contributed by atoms with Crippen molar-refractivity contribution in [1.29, 1.82) is 0 Å². The smallest absolute Gasteiger partial charge is 0.410 e. The molecule has 4 aliphatic heterocycles. The van der Waals surface area contributed by atoms with Crippen LogP contribution in [-0.2, 0) is 27.1 Å². The number of rotatable bonds is 12. The Labute approximate surface area is 384 Å². The number of hydrogen-bond acceptors (Lipinski definition) is 13. The molecule has 0 bridgehead atoms. The summed E-state index contributed by atoms with van der Waals surface area (Å²) in [4.78, 5) is 35.8. The average Bonchev–Trinajstić information content (AvgIpc) is 4.07. The highest BCUT2D eigenvalue weighted by Gasteiger charge is 2.45. The Morgan fingerprint density at radius 2 is 1.75 bits per heavy atom. The van der Waals surface area contributed by atoms with Gasteiger partial charge in [-0.25, -0.2) is 18.9 Å². The summed E-state index contributed by atoms with van der Waals surface area (Å²) in [5.74, 6) is 0.578. The van der Waals surface area contributed by atoms with Crippen LogP contribution in [0.2, 0.25) is 5.02 Å². The lowest BCUT2D eigenvalue weighted by atomic mass is 9.95. The largest absolute Gasteiger partial charge is 0.471 e.